The molecule has 0 atom stereocenters. The topological polar surface area (TPSA) is 76.4 Å². The van der Waals surface area contributed by atoms with Gasteiger partial charge in [-0.05, 0) is 6.07 Å². The Kier molecular flexibility index (Phi) is 4.53. The predicted molar refractivity (Wildman–Crippen MR) is 57.8 cm³/mol. The van der Waals surface area contributed by atoms with Gasteiger partial charge in [0.2, 0.25) is 0 Å². The van der Waals surface area contributed by atoms with Gasteiger partial charge in [-0.2, -0.15) is 5.26 Å². The van der Waals surface area contributed by atoms with E-state index in [4.69, 9.17) is 5.26 Å². The lowest BCUT2D eigenvalue weighted by atomic mass is 9.97. The van der Waals surface area contributed by atoms with Crippen molar-refractivity contribution in [1.29, 1.82) is 5.26 Å². The fourth-order valence-corrected chi connectivity index (χ4v) is 1.46. The van der Waals surface area contributed by atoms with Crippen LogP contribution < -0.4 is 0 Å². The summed E-state index contributed by atoms with van der Waals surface area (Å²) in [6.45, 7) is 0. The van der Waals surface area contributed by atoms with Crippen LogP contribution >= 0.6 is 0 Å². The minimum atomic E-state index is -1.74. The van der Waals surface area contributed by atoms with Crippen LogP contribution in [0, 0.1) is 23.0 Å². The quantitative estimate of drug-likeness (QED) is 0.610. The number of nitrogens with zero attached hydrogens (tertiary/aromatic N) is 1. The molecular weight excluding hydrogens is 260 g/mol. The van der Waals surface area contributed by atoms with Crippen LogP contribution in [0.4, 0.5) is 8.78 Å². The minimum Gasteiger partial charge on any atom is -0.468 e. The Morgan fingerprint density at radius 1 is 1.16 bits per heavy atom. The number of esters is 2. The van der Waals surface area contributed by atoms with Crippen molar-refractivity contribution in [1.82, 2.24) is 0 Å². The molecule has 7 heteroatoms. The normalized spacial score (nSPS) is 9.89. The van der Waals surface area contributed by atoms with Gasteiger partial charge >= 0.3 is 11.9 Å². The molecule has 0 aliphatic rings. The molecule has 1 aromatic carbocycles. The van der Waals surface area contributed by atoms with Crippen molar-refractivity contribution in [2.24, 2.45) is 0 Å². The molecule has 0 aromatic heterocycles. The van der Waals surface area contributed by atoms with Crippen LogP contribution in [0.25, 0.3) is 0 Å². The maximum Gasteiger partial charge on any atom is 0.324 e. The van der Waals surface area contributed by atoms with Gasteiger partial charge < -0.3 is 9.47 Å². The number of rotatable bonds is 3. The lowest BCUT2D eigenvalue weighted by Crippen LogP contribution is -2.25. The van der Waals surface area contributed by atoms with E-state index in [2.05, 4.69) is 9.47 Å². The van der Waals surface area contributed by atoms with Crippen LogP contribution in [0.15, 0.2) is 12.1 Å². The van der Waals surface area contributed by atoms with Gasteiger partial charge in [0.25, 0.3) is 0 Å². The van der Waals surface area contributed by atoms with Crippen LogP contribution in [0.3, 0.4) is 0 Å². The van der Waals surface area contributed by atoms with Gasteiger partial charge in [0.05, 0.1) is 19.8 Å². The zero-order valence-corrected chi connectivity index (χ0v) is 10.1. The number of halogens is 2. The van der Waals surface area contributed by atoms with Gasteiger partial charge in [-0.1, -0.05) is 6.07 Å². The number of ether oxygens (including phenoxy) is 2. The molecule has 0 saturated carbocycles. The van der Waals surface area contributed by atoms with Crippen molar-refractivity contribution < 1.29 is 27.8 Å². The Hall–Kier alpha value is -2.49. The van der Waals surface area contributed by atoms with Crippen molar-refractivity contribution in [2.75, 3.05) is 14.2 Å². The van der Waals surface area contributed by atoms with Crippen LogP contribution in [0.2, 0.25) is 0 Å². The first-order chi connectivity index (χ1) is 8.97. The van der Waals surface area contributed by atoms with Gasteiger partial charge in [0.15, 0.2) is 17.6 Å². The smallest absolute Gasteiger partial charge is 0.324 e. The van der Waals surface area contributed by atoms with Gasteiger partial charge in [0, 0.05) is 5.56 Å². The van der Waals surface area contributed by atoms with Crippen molar-refractivity contribution in [3.8, 4) is 6.07 Å². The van der Waals surface area contributed by atoms with Crippen molar-refractivity contribution in [3.63, 3.8) is 0 Å². The first kappa shape index (κ1) is 14.6. The van der Waals surface area contributed by atoms with Crippen molar-refractivity contribution in [2.45, 2.75) is 5.92 Å². The molecule has 19 heavy (non-hydrogen) atoms. The zero-order valence-electron chi connectivity index (χ0n) is 10.1. The molecular formula is C12H9F2NO4. The largest absolute Gasteiger partial charge is 0.468 e. The molecule has 0 unspecified atom stereocenters. The zero-order chi connectivity index (χ0) is 14.6. The maximum atomic E-state index is 13.8. The van der Waals surface area contributed by atoms with E-state index >= 15 is 0 Å². The van der Waals surface area contributed by atoms with Gasteiger partial charge in [-0.3, -0.25) is 9.59 Å². The number of methoxy groups -OCH3 is 2. The fraction of sp³-hybridized carbons (Fsp3) is 0.250. The third-order valence-corrected chi connectivity index (χ3v) is 2.42. The number of hydrogen-bond acceptors (Lipinski definition) is 5. The molecule has 0 fully saturated rings. The van der Waals surface area contributed by atoms with Gasteiger partial charge in [-0.15, -0.1) is 0 Å². The second-order valence-electron chi connectivity index (χ2n) is 3.42. The Bertz CT molecular complexity index is 550. The average molecular weight is 269 g/mol. The summed E-state index contributed by atoms with van der Waals surface area (Å²) in [6.07, 6.45) is 0. The lowest BCUT2D eigenvalue weighted by Gasteiger charge is -2.14. The van der Waals surface area contributed by atoms with Gasteiger partial charge in [0.1, 0.15) is 6.07 Å². The summed E-state index contributed by atoms with van der Waals surface area (Å²) < 4.78 is 35.9. The third kappa shape index (κ3) is 2.68. The molecule has 0 bridgehead atoms. The van der Waals surface area contributed by atoms with Crippen molar-refractivity contribution >= 4 is 11.9 Å². The Labute approximate surface area is 107 Å². The molecule has 0 amide bonds. The lowest BCUT2D eigenvalue weighted by molar-refractivity contribution is -0.154. The molecule has 100 valence electrons. The summed E-state index contributed by atoms with van der Waals surface area (Å²) in [6, 6.07) is 3.37. The summed E-state index contributed by atoms with van der Waals surface area (Å²) in [4.78, 5) is 22.9. The highest BCUT2D eigenvalue weighted by Gasteiger charge is 2.34. The summed E-state index contributed by atoms with van der Waals surface area (Å²) in [5.74, 6) is -6.81. The molecule has 0 saturated heterocycles. The highest BCUT2D eigenvalue weighted by molar-refractivity contribution is 6.00. The second kappa shape index (κ2) is 5.91. The van der Waals surface area contributed by atoms with Crippen LogP contribution in [-0.2, 0) is 19.1 Å². The van der Waals surface area contributed by atoms with Gasteiger partial charge in [-0.25, -0.2) is 8.78 Å². The Morgan fingerprint density at radius 2 is 1.68 bits per heavy atom. The van der Waals surface area contributed by atoms with Crippen LogP contribution in [0.5, 0.6) is 0 Å². The maximum absolute atomic E-state index is 13.8. The number of nitriles is 1. The highest BCUT2D eigenvalue weighted by Crippen LogP contribution is 2.25. The SMILES string of the molecule is COC(=O)C(C(=O)OC)c1ccc(C#N)c(F)c1F. The first-order valence-electron chi connectivity index (χ1n) is 5.01. The number of carbonyl (C=O) groups is 2. The molecule has 0 heterocycles. The Morgan fingerprint density at radius 3 is 2.11 bits per heavy atom. The highest BCUT2D eigenvalue weighted by atomic mass is 19.2. The molecule has 0 N–H and O–H groups in total. The van der Waals surface area contributed by atoms with E-state index in [1.807, 2.05) is 0 Å². The standard InChI is InChI=1S/C12H9F2NO4/c1-18-11(16)8(12(17)19-2)7-4-3-6(5-15)9(13)10(7)14/h3-4,8H,1-2H3. The van der Waals surface area contributed by atoms with E-state index < -0.39 is 40.6 Å². The molecule has 0 spiro atoms. The monoisotopic (exact) mass is 269 g/mol. The molecule has 0 radical (unpaired) electrons. The number of carbonyl (C=O) groups excluding carboxylic acids is 2. The summed E-state index contributed by atoms with van der Waals surface area (Å²) >= 11 is 0. The molecule has 5 nitrogen and oxygen atoms in total. The molecule has 1 rings (SSSR count). The summed E-state index contributed by atoms with van der Waals surface area (Å²) in [7, 11) is 1.99. The van der Waals surface area contributed by atoms with E-state index in [9.17, 15) is 18.4 Å². The van der Waals surface area contributed by atoms with E-state index in [-0.39, 0.29) is 0 Å². The molecule has 0 aliphatic carbocycles. The third-order valence-electron chi connectivity index (χ3n) is 2.42. The van der Waals surface area contributed by atoms with E-state index in [1.165, 1.54) is 6.07 Å². The fourth-order valence-electron chi connectivity index (χ4n) is 1.46. The van der Waals surface area contributed by atoms with Crippen LogP contribution in [-0.4, -0.2) is 26.2 Å². The first-order valence-corrected chi connectivity index (χ1v) is 5.01. The summed E-state index contributed by atoms with van der Waals surface area (Å²) in [5, 5.41) is 8.54. The minimum absolute atomic E-state index is 0.533. The number of hydrogen-bond donors (Lipinski definition) is 0. The van der Waals surface area contributed by atoms with Crippen LogP contribution in [0.1, 0.15) is 17.0 Å². The number of benzene rings is 1. The van der Waals surface area contributed by atoms with Crippen molar-refractivity contribution in [3.05, 3.63) is 34.9 Å². The molecule has 0 aliphatic heterocycles. The second-order valence-corrected chi connectivity index (χ2v) is 3.42. The molecule has 1 aromatic rings. The predicted octanol–water partition coefficient (Wildman–Crippen LogP) is 1.27. The summed E-state index contributed by atoms with van der Waals surface area (Å²) in [5.41, 5.74) is -1.08. The van der Waals surface area contributed by atoms with E-state index in [0.717, 1.165) is 26.4 Å². The van der Waals surface area contributed by atoms with E-state index in [1.54, 1.807) is 0 Å². The van der Waals surface area contributed by atoms with E-state index in [0.29, 0.717) is 0 Å². The Balaban J connectivity index is 3.40. The average Bonchev–Trinajstić information content (AvgIpc) is 2.43.